The molecule has 0 aliphatic heterocycles. The van der Waals surface area contributed by atoms with Crippen LogP contribution < -0.4 is 11.1 Å². The number of aliphatic hydroxyl groups is 1. The molecular formula is C12H18N2O3S. The van der Waals surface area contributed by atoms with Crippen molar-refractivity contribution in [2.45, 2.75) is 12.5 Å². The molecule has 1 aromatic rings. The van der Waals surface area contributed by atoms with Gasteiger partial charge in [-0.05, 0) is 25.3 Å². The molecule has 0 bridgehead atoms. The van der Waals surface area contributed by atoms with Crippen molar-refractivity contribution in [2.24, 2.45) is 0 Å². The molecule has 0 aromatic heterocycles. The van der Waals surface area contributed by atoms with Gasteiger partial charge in [0.2, 0.25) is 0 Å². The summed E-state index contributed by atoms with van der Waals surface area (Å²) in [5.74, 6) is -0.184. The second-order valence-electron chi connectivity index (χ2n) is 4.36. The number of benzene rings is 1. The molecular weight excluding hydrogens is 252 g/mol. The van der Waals surface area contributed by atoms with E-state index in [9.17, 15) is 15.0 Å². The third-order valence-electron chi connectivity index (χ3n) is 2.40. The highest BCUT2D eigenvalue weighted by molar-refractivity contribution is 7.98. The third kappa shape index (κ3) is 3.82. The Balaban J connectivity index is 2.69. The summed E-state index contributed by atoms with van der Waals surface area (Å²) in [5.41, 5.74) is 4.78. The molecule has 1 atom stereocenters. The van der Waals surface area contributed by atoms with E-state index >= 15 is 0 Å². The lowest BCUT2D eigenvalue weighted by molar-refractivity contribution is 0.0723. The maximum absolute atomic E-state index is 11.8. The summed E-state index contributed by atoms with van der Waals surface area (Å²) in [5, 5.41) is 22.1. The largest absolute Gasteiger partial charge is 0.505 e. The Kier molecular flexibility index (Phi) is 4.86. The van der Waals surface area contributed by atoms with Crippen molar-refractivity contribution in [3.63, 3.8) is 0 Å². The van der Waals surface area contributed by atoms with Gasteiger partial charge in [-0.3, -0.25) is 4.79 Å². The summed E-state index contributed by atoms with van der Waals surface area (Å²) < 4.78 is 0. The first kappa shape index (κ1) is 14.7. The molecule has 0 heterocycles. The van der Waals surface area contributed by atoms with Crippen LogP contribution in [0.15, 0.2) is 18.2 Å². The molecule has 5 nitrogen and oxygen atoms in total. The molecule has 0 saturated heterocycles. The average molecular weight is 270 g/mol. The highest BCUT2D eigenvalue weighted by Gasteiger charge is 2.21. The number of aromatic hydroxyl groups is 1. The van der Waals surface area contributed by atoms with E-state index < -0.39 is 11.5 Å². The number of thioether (sulfide) groups is 1. The predicted molar refractivity (Wildman–Crippen MR) is 73.9 cm³/mol. The first-order valence-electron chi connectivity index (χ1n) is 5.44. The van der Waals surface area contributed by atoms with Gasteiger partial charge in [0, 0.05) is 12.3 Å². The Morgan fingerprint density at radius 3 is 2.83 bits per heavy atom. The number of amides is 1. The van der Waals surface area contributed by atoms with Crippen molar-refractivity contribution in [1.29, 1.82) is 0 Å². The van der Waals surface area contributed by atoms with Gasteiger partial charge in [-0.15, -0.1) is 0 Å². The third-order valence-corrected chi connectivity index (χ3v) is 3.31. The molecule has 1 rings (SSSR count). The van der Waals surface area contributed by atoms with E-state index in [0.717, 1.165) is 0 Å². The number of nitrogens with two attached hydrogens (primary N) is 1. The van der Waals surface area contributed by atoms with Gasteiger partial charge in [0.1, 0.15) is 0 Å². The number of anilines is 1. The van der Waals surface area contributed by atoms with Crippen LogP contribution in [-0.2, 0) is 0 Å². The highest BCUT2D eigenvalue weighted by atomic mass is 32.2. The minimum absolute atomic E-state index is 0.106. The second-order valence-corrected chi connectivity index (χ2v) is 5.22. The molecule has 5 N–H and O–H groups in total. The van der Waals surface area contributed by atoms with Gasteiger partial charge in [-0.25, -0.2) is 0 Å². The van der Waals surface area contributed by atoms with Crippen molar-refractivity contribution < 1.29 is 15.0 Å². The zero-order chi connectivity index (χ0) is 13.8. The standard InChI is InChI=1S/C12H18N2O3S/c1-12(17,7-18-2)6-14-11(16)8-4-3-5-9(13)10(8)15/h3-5,15,17H,6-7,13H2,1-2H3,(H,14,16). The average Bonchev–Trinajstić information content (AvgIpc) is 2.30. The van der Waals surface area contributed by atoms with Gasteiger partial charge >= 0.3 is 0 Å². The number of nitrogens with one attached hydrogen (secondary N) is 1. The van der Waals surface area contributed by atoms with E-state index in [1.165, 1.54) is 23.9 Å². The number of carbonyl (C=O) groups excluding carboxylic acids is 1. The van der Waals surface area contributed by atoms with Gasteiger partial charge in [0.15, 0.2) is 5.75 Å². The highest BCUT2D eigenvalue weighted by Crippen LogP contribution is 2.24. The van der Waals surface area contributed by atoms with E-state index in [1.807, 2.05) is 6.26 Å². The molecule has 1 unspecified atom stereocenters. The number of hydrogen-bond donors (Lipinski definition) is 4. The van der Waals surface area contributed by atoms with E-state index in [0.29, 0.717) is 5.75 Å². The monoisotopic (exact) mass is 270 g/mol. The lowest BCUT2D eigenvalue weighted by Gasteiger charge is -2.22. The minimum Gasteiger partial charge on any atom is -0.505 e. The van der Waals surface area contributed by atoms with Crippen LogP contribution >= 0.6 is 11.8 Å². The fourth-order valence-electron chi connectivity index (χ4n) is 1.47. The van der Waals surface area contributed by atoms with Gasteiger partial charge in [-0.2, -0.15) is 11.8 Å². The number of rotatable bonds is 5. The molecule has 18 heavy (non-hydrogen) atoms. The van der Waals surface area contributed by atoms with Crippen LogP contribution in [0.4, 0.5) is 5.69 Å². The van der Waals surface area contributed by atoms with Gasteiger partial charge in [-0.1, -0.05) is 6.07 Å². The van der Waals surface area contributed by atoms with Crippen LogP contribution in [0.5, 0.6) is 5.75 Å². The van der Waals surface area contributed by atoms with E-state index in [4.69, 9.17) is 5.73 Å². The number of carbonyl (C=O) groups is 1. The van der Waals surface area contributed by atoms with Crippen LogP contribution in [-0.4, -0.2) is 40.3 Å². The van der Waals surface area contributed by atoms with Crippen LogP contribution in [0.3, 0.4) is 0 Å². The number of hydrogen-bond acceptors (Lipinski definition) is 5. The molecule has 0 spiro atoms. The molecule has 1 aromatic carbocycles. The number of phenols is 1. The zero-order valence-electron chi connectivity index (χ0n) is 10.4. The smallest absolute Gasteiger partial charge is 0.255 e. The number of para-hydroxylation sites is 1. The lowest BCUT2D eigenvalue weighted by Crippen LogP contribution is -2.42. The van der Waals surface area contributed by atoms with Gasteiger partial charge in [0.05, 0.1) is 16.9 Å². The molecule has 0 saturated carbocycles. The number of phenolic OH excluding ortho intramolecular Hbond substituents is 1. The van der Waals surface area contributed by atoms with Crippen LogP contribution in [0.25, 0.3) is 0 Å². The van der Waals surface area contributed by atoms with Crippen molar-refractivity contribution in [1.82, 2.24) is 5.32 Å². The number of nitrogen functional groups attached to an aromatic ring is 1. The molecule has 0 radical (unpaired) electrons. The quantitative estimate of drug-likeness (QED) is 0.469. The Morgan fingerprint density at radius 2 is 2.22 bits per heavy atom. The van der Waals surface area contributed by atoms with Crippen molar-refractivity contribution in [3.05, 3.63) is 23.8 Å². The zero-order valence-corrected chi connectivity index (χ0v) is 11.3. The van der Waals surface area contributed by atoms with Crippen molar-refractivity contribution >= 4 is 23.4 Å². The molecule has 0 fully saturated rings. The summed E-state index contributed by atoms with van der Waals surface area (Å²) in [4.78, 5) is 11.8. The maximum atomic E-state index is 11.8. The maximum Gasteiger partial charge on any atom is 0.255 e. The Morgan fingerprint density at radius 1 is 1.56 bits per heavy atom. The van der Waals surface area contributed by atoms with Gasteiger partial charge < -0.3 is 21.3 Å². The summed E-state index contributed by atoms with van der Waals surface area (Å²) in [6, 6.07) is 4.57. The molecule has 0 aliphatic carbocycles. The fourth-order valence-corrected chi connectivity index (χ4v) is 2.20. The van der Waals surface area contributed by atoms with Gasteiger partial charge in [0.25, 0.3) is 5.91 Å². The minimum atomic E-state index is -0.981. The normalized spacial score (nSPS) is 13.9. The summed E-state index contributed by atoms with van der Waals surface area (Å²) in [6.07, 6.45) is 1.88. The summed E-state index contributed by atoms with van der Waals surface area (Å²) in [7, 11) is 0. The molecule has 0 aliphatic rings. The van der Waals surface area contributed by atoms with Crippen LogP contribution in [0.2, 0.25) is 0 Å². The van der Waals surface area contributed by atoms with E-state index in [2.05, 4.69) is 5.32 Å². The first-order chi connectivity index (χ1) is 8.37. The topological polar surface area (TPSA) is 95.6 Å². The fraction of sp³-hybridized carbons (Fsp3) is 0.417. The molecule has 100 valence electrons. The van der Waals surface area contributed by atoms with E-state index in [1.54, 1.807) is 13.0 Å². The van der Waals surface area contributed by atoms with Crippen LogP contribution in [0, 0.1) is 0 Å². The summed E-state index contributed by atoms with van der Waals surface area (Å²) in [6.45, 7) is 1.75. The predicted octanol–water partition coefficient (Wildman–Crippen LogP) is 0.818. The van der Waals surface area contributed by atoms with Crippen molar-refractivity contribution in [2.75, 3.05) is 24.3 Å². The first-order valence-corrected chi connectivity index (χ1v) is 6.84. The SMILES string of the molecule is CSCC(C)(O)CNC(=O)c1cccc(N)c1O. The summed E-state index contributed by atoms with van der Waals surface area (Å²) >= 11 is 1.49. The van der Waals surface area contributed by atoms with E-state index in [-0.39, 0.29) is 23.5 Å². The molecule has 6 heteroatoms. The Bertz CT molecular complexity index is 435. The Hall–Kier alpha value is -1.40. The second kappa shape index (κ2) is 5.97. The Labute approximate surface area is 110 Å². The molecule has 1 amide bonds. The van der Waals surface area contributed by atoms with Crippen LogP contribution in [0.1, 0.15) is 17.3 Å². The van der Waals surface area contributed by atoms with Crippen molar-refractivity contribution in [3.8, 4) is 5.75 Å². The lowest BCUT2D eigenvalue weighted by atomic mass is 10.1.